The van der Waals surface area contributed by atoms with Gasteiger partial charge in [0, 0.05) is 25.2 Å². The molecule has 0 saturated heterocycles. The molecular weight excluding hydrogens is 431 g/mol. The van der Waals surface area contributed by atoms with E-state index in [1.807, 2.05) is 54.3 Å². The minimum absolute atomic E-state index is 0.203. The first-order chi connectivity index (χ1) is 16.5. The first kappa shape index (κ1) is 23.2. The Balaban J connectivity index is 1.72. The third-order valence-electron chi connectivity index (χ3n) is 5.97. The molecular formula is C28H27FN2O3. The zero-order chi connectivity index (χ0) is 24.1. The molecule has 6 heteroatoms. The predicted molar refractivity (Wildman–Crippen MR) is 129 cm³/mol. The Kier molecular flexibility index (Phi) is 7.07. The summed E-state index contributed by atoms with van der Waals surface area (Å²) in [5.74, 6) is -0.463. The van der Waals surface area contributed by atoms with Crippen LogP contribution in [-0.4, -0.2) is 41.8 Å². The number of ether oxygens (including phenoxy) is 1. The van der Waals surface area contributed by atoms with E-state index < -0.39 is 0 Å². The maximum absolute atomic E-state index is 13.7. The van der Waals surface area contributed by atoms with Crippen LogP contribution in [0.25, 0.3) is 5.57 Å². The van der Waals surface area contributed by atoms with Crippen LogP contribution in [0.2, 0.25) is 0 Å². The molecule has 34 heavy (non-hydrogen) atoms. The van der Waals surface area contributed by atoms with Gasteiger partial charge in [-0.2, -0.15) is 0 Å². The van der Waals surface area contributed by atoms with Crippen molar-refractivity contribution < 1.29 is 18.7 Å². The van der Waals surface area contributed by atoms with E-state index in [9.17, 15) is 14.0 Å². The number of halogens is 1. The van der Waals surface area contributed by atoms with Crippen LogP contribution >= 0.6 is 0 Å². The van der Waals surface area contributed by atoms with E-state index in [0.29, 0.717) is 42.1 Å². The van der Waals surface area contributed by atoms with Crippen molar-refractivity contribution in [3.63, 3.8) is 0 Å². The number of imide groups is 1. The molecule has 3 aromatic carbocycles. The van der Waals surface area contributed by atoms with Crippen molar-refractivity contribution in [2.24, 2.45) is 0 Å². The van der Waals surface area contributed by atoms with Crippen LogP contribution in [0.1, 0.15) is 23.6 Å². The maximum atomic E-state index is 13.7. The second-order valence-corrected chi connectivity index (χ2v) is 8.06. The summed E-state index contributed by atoms with van der Waals surface area (Å²) in [7, 11) is 1.55. The summed E-state index contributed by atoms with van der Waals surface area (Å²) in [4.78, 5) is 30.5. The molecule has 0 fully saturated rings. The van der Waals surface area contributed by atoms with Gasteiger partial charge in [0.15, 0.2) is 0 Å². The summed E-state index contributed by atoms with van der Waals surface area (Å²) < 4.78 is 18.8. The molecule has 0 atom stereocenters. The highest BCUT2D eigenvalue weighted by atomic mass is 19.1. The van der Waals surface area contributed by atoms with Crippen LogP contribution < -0.4 is 4.74 Å². The number of amides is 2. The van der Waals surface area contributed by atoms with Gasteiger partial charge in [0.05, 0.1) is 12.7 Å². The number of likely N-dealkylation sites (N-methyl/N-ethyl adjacent to an activating group) is 1. The summed E-state index contributed by atoms with van der Waals surface area (Å²) in [6.45, 7) is 3.22. The molecule has 0 radical (unpaired) electrons. The summed E-state index contributed by atoms with van der Waals surface area (Å²) in [6.07, 6.45) is 0.440. The normalized spacial score (nSPS) is 13.6. The predicted octanol–water partition coefficient (Wildman–Crippen LogP) is 4.68. The lowest BCUT2D eigenvalue weighted by Gasteiger charge is -2.25. The van der Waals surface area contributed by atoms with Crippen molar-refractivity contribution in [2.45, 2.75) is 19.9 Å². The number of nitrogens with zero attached hydrogens (tertiary/aromatic N) is 2. The highest BCUT2D eigenvalue weighted by Crippen LogP contribution is 2.36. The fourth-order valence-electron chi connectivity index (χ4n) is 4.20. The number of methoxy groups -OCH3 is 1. The molecule has 0 bridgehead atoms. The van der Waals surface area contributed by atoms with Crippen molar-refractivity contribution in [1.29, 1.82) is 0 Å². The monoisotopic (exact) mass is 458 g/mol. The molecule has 0 unspecified atom stereocenters. The number of rotatable bonds is 9. The van der Waals surface area contributed by atoms with Gasteiger partial charge in [-0.05, 0) is 42.7 Å². The lowest BCUT2D eigenvalue weighted by Crippen LogP contribution is -2.36. The summed E-state index contributed by atoms with van der Waals surface area (Å²) in [6, 6.07) is 23.2. The van der Waals surface area contributed by atoms with Gasteiger partial charge >= 0.3 is 0 Å². The van der Waals surface area contributed by atoms with Gasteiger partial charge in [-0.25, -0.2) is 4.39 Å². The van der Waals surface area contributed by atoms with Crippen molar-refractivity contribution >= 4 is 17.4 Å². The summed E-state index contributed by atoms with van der Waals surface area (Å²) in [5.41, 5.74) is 3.21. The van der Waals surface area contributed by atoms with E-state index in [-0.39, 0.29) is 24.2 Å². The number of carbonyl (C=O) groups excluding carboxylic acids is 2. The Morgan fingerprint density at radius 3 is 2.21 bits per heavy atom. The standard InChI is InChI=1S/C28H27FN2O3/c1-3-30(19-21-9-5-4-6-10-21)26-25(23-11-7-8-12-24(23)34-2)27(32)31(28(26)33)18-17-20-13-15-22(29)16-14-20/h4-16H,3,17-19H2,1-2H3. The highest BCUT2D eigenvalue weighted by molar-refractivity contribution is 6.36. The molecule has 1 aliphatic heterocycles. The number of hydrogen-bond donors (Lipinski definition) is 0. The van der Waals surface area contributed by atoms with E-state index in [0.717, 1.165) is 11.1 Å². The number of carbonyl (C=O) groups is 2. The Labute approximate surface area is 199 Å². The third-order valence-corrected chi connectivity index (χ3v) is 5.97. The zero-order valence-electron chi connectivity index (χ0n) is 19.3. The quantitative estimate of drug-likeness (QED) is 0.437. The zero-order valence-corrected chi connectivity index (χ0v) is 19.3. The van der Waals surface area contributed by atoms with Crippen LogP contribution in [0.5, 0.6) is 5.75 Å². The molecule has 0 spiro atoms. The number of para-hydroxylation sites is 1. The van der Waals surface area contributed by atoms with Crippen LogP contribution in [0.4, 0.5) is 4.39 Å². The fraction of sp³-hybridized carbons (Fsp3) is 0.214. The first-order valence-electron chi connectivity index (χ1n) is 11.3. The molecule has 0 aromatic heterocycles. The topological polar surface area (TPSA) is 49.9 Å². The first-order valence-corrected chi connectivity index (χ1v) is 11.3. The summed E-state index contributed by atoms with van der Waals surface area (Å²) >= 11 is 0. The van der Waals surface area contributed by atoms with Crippen LogP contribution in [-0.2, 0) is 22.6 Å². The van der Waals surface area contributed by atoms with Gasteiger partial charge in [-0.3, -0.25) is 14.5 Å². The molecule has 3 aromatic rings. The Hall–Kier alpha value is -3.93. The van der Waals surface area contributed by atoms with Crippen molar-refractivity contribution in [1.82, 2.24) is 9.80 Å². The Bertz CT molecular complexity index is 1210. The van der Waals surface area contributed by atoms with Crippen LogP contribution in [0, 0.1) is 5.82 Å². The van der Waals surface area contributed by atoms with Crippen molar-refractivity contribution in [2.75, 3.05) is 20.2 Å². The molecule has 0 aliphatic carbocycles. The molecule has 1 aliphatic rings. The minimum Gasteiger partial charge on any atom is -0.496 e. The lowest BCUT2D eigenvalue weighted by atomic mass is 10.0. The smallest absolute Gasteiger partial charge is 0.277 e. The average molecular weight is 459 g/mol. The number of benzene rings is 3. The molecule has 4 rings (SSSR count). The number of hydrogen-bond acceptors (Lipinski definition) is 4. The van der Waals surface area contributed by atoms with E-state index >= 15 is 0 Å². The van der Waals surface area contributed by atoms with Crippen LogP contribution in [0.15, 0.2) is 84.6 Å². The Morgan fingerprint density at radius 1 is 0.853 bits per heavy atom. The molecule has 2 amide bonds. The maximum Gasteiger partial charge on any atom is 0.277 e. The van der Waals surface area contributed by atoms with Crippen molar-refractivity contribution in [3.05, 3.63) is 107 Å². The highest BCUT2D eigenvalue weighted by Gasteiger charge is 2.41. The molecule has 174 valence electrons. The second kappa shape index (κ2) is 10.3. The largest absolute Gasteiger partial charge is 0.496 e. The summed E-state index contributed by atoms with van der Waals surface area (Å²) in [5, 5.41) is 0. The minimum atomic E-state index is -0.349. The van der Waals surface area contributed by atoms with Gasteiger partial charge < -0.3 is 9.64 Å². The third kappa shape index (κ3) is 4.71. The van der Waals surface area contributed by atoms with Crippen molar-refractivity contribution in [3.8, 4) is 5.75 Å². The Morgan fingerprint density at radius 2 is 1.53 bits per heavy atom. The van der Waals surface area contributed by atoms with E-state index in [2.05, 4.69) is 0 Å². The molecule has 0 N–H and O–H groups in total. The molecule has 1 heterocycles. The van der Waals surface area contributed by atoms with E-state index in [1.165, 1.54) is 17.0 Å². The van der Waals surface area contributed by atoms with E-state index in [4.69, 9.17) is 4.74 Å². The van der Waals surface area contributed by atoms with Crippen LogP contribution in [0.3, 0.4) is 0 Å². The second-order valence-electron chi connectivity index (χ2n) is 8.06. The fourth-order valence-corrected chi connectivity index (χ4v) is 4.20. The lowest BCUT2D eigenvalue weighted by molar-refractivity contribution is -0.137. The average Bonchev–Trinajstić information content (AvgIpc) is 3.11. The van der Waals surface area contributed by atoms with Gasteiger partial charge in [-0.1, -0.05) is 60.7 Å². The molecule has 0 saturated carbocycles. The molecule has 5 nitrogen and oxygen atoms in total. The van der Waals surface area contributed by atoms with Gasteiger partial charge in [0.2, 0.25) is 0 Å². The van der Waals surface area contributed by atoms with Gasteiger partial charge in [0.1, 0.15) is 17.3 Å². The van der Waals surface area contributed by atoms with Gasteiger partial charge in [0.25, 0.3) is 11.8 Å². The van der Waals surface area contributed by atoms with Gasteiger partial charge in [-0.15, -0.1) is 0 Å². The van der Waals surface area contributed by atoms with E-state index in [1.54, 1.807) is 31.4 Å². The SMILES string of the molecule is CCN(Cc1ccccc1)C1=C(c2ccccc2OC)C(=O)N(CCc2ccc(F)cc2)C1=O.